The van der Waals surface area contributed by atoms with E-state index in [0.717, 1.165) is 0 Å². The fraction of sp³-hybridized carbons (Fsp3) is 0.375. The molecule has 0 amide bonds. The van der Waals surface area contributed by atoms with E-state index in [0.29, 0.717) is 6.42 Å². The molecule has 1 aromatic heterocycles. The number of aryl methyl sites for hydroxylation is 1. The van der Waals surface area contributed by atoms with Crippen LogP contribution in [0.3, 0.4) is 0 Å². The van der Waals surface area contributed by atoms with Crippen LogP contribution in [-0.2, 0) is 17.1 Å². The molecule has 6 heteroatoms. The molecule has 0 aliphatic carbocycles. The Labute approximate surface area is 83.2 Å². The van der Waals surface area contributed by atoms with Gasteiger partial charge in [-0.3, -0.25) is 0 Å². The van der Waals surface area contributed by atoms with Crippen molar-refractivity contribution in [3.8, 4) is 12.3 Å². The fourth-order valence-corrected chi connectivity index (χ4v) is 1.87. The second-order valence-corrected chi connectivity index (χ2v) is 4.44. The topological polar surface area (TPSA) is 64.0 Å². The minimum Gasteiger partial charge on any atom is -0.339 e. The second-order valence-electron chi connectivity index (χ2n) is 2.73. The molecule has 1 N–H and O–H groups in total. The Morgan fingerprint density at radius 3 is 2.93 bits per heavy atom. The molecule has 0 unspecified atom stereocenters. The SMILES string of the molecule is C#CCCNS(=O)(=O)c1cn(C)cn1. The molecule has 0 aromatic carbocycles. The molecular weight excluding hydrogens is 202 g/mol. The number of terminal acetylenes is 1. The highest BCUT2D eigenvalue weighted by atomic mass is 32.2. The summed E-state index contributed by atoms with van der Waals surface area (Å²) in [6.07, 6.45) is 8.22. The number of hydrogen-bond donors (Lipinski definition) is 1. The van der Waals surface area contributed by atoms with E-state index in [1.165, 1.54) is 12.5 Å². The van der Waals surface area contributed by atoms with Gasteiger partial charge >= 0.3 is 0 Å². The van der Waals surface area contributed by atoms with Crippen LogP contribution in [0.15, 0.2) is 17.6 Å². The van der Waals surface area contributed by atoms with Gasteiger partial charge in [0.25, 0.3) is 10.0 Å². The van der Waals surface area contributed by atoms with Gasteiger partial charge in [0.2, 0.25) is 0 Å². The molecule has 0 spiro atoms. The third-order valence-corrected chi connectivity index (χ3v) is 2.86. The largest absolute Gasteiger partial charge is 0.339 e. The van der Waals surface area contributed by atoms with E-state index in [1.54, 1.807) is 11.6 Å². The monoisotopic (exact) mass is 213 g/mol. The van der Waals surface area contributed by atoms with E-state index < -0.39 is 10.0 Å². The van der Waals surface area contributed by atoms with Crippen molar-refractivity contribution in [3.63, 3.8) is 0 Å². The van der Waals surface area contributed by atoms with Crippen LogP contribution in [0.25, 0.3) is 0 Å². The normalized spacial score (nSPS) is 11.1. The summed E-state index contributed by atoms with van der Waals surface area (Å²) in [5, 5.41) is 0.0111. The lowest BCUT2D eigenvalue weighted by atomic mass is 10.5. The van der Waals surface area contributed by atoms with Gasteiger partial charge in [0.1, 0.15) is 0 Å². The summed E-state index contributed by atoms with van der Waals surface area (Å²) >= 11 is 0. The van der Waals surface area contributed by atoms with Crippen LogP contribution in [0.1, 0.15) is 6.42 Å². The molecule has 0 atom stereocenters. The van der Waals surface area contributed by atoms with Crippen LogP contribution in [-0.4, -0.2) is 24.5 Å². The predicted molar refractivity (Wildman–Crippen MR) is 51.8 cm³/mol. The van der Waals surface area contributed by atoms with Crippen molar-refractivity contribution in [2.45, 2.75) is 11.4 Å². The van der Waals surface area contributed by atoms with Crippen molar-refractivity contribution < 1.29 is 8.42 Å². The van der Waals surface area contributed by atoms with Gasteiger partial charge in [-0.1, -0.05) is 0 Å². The molecule has 0 fully saturated rings. The highest BCUT2D eigenvalue weighted by Crippen LogP contribution is 2.03. The molecule has 1 aromatic rings. The molecule has 5 nitrogen and oxygen atoms in total. The number of rotatable bonds is 4. The zero-order chi connectivity index (χ0) is 10.6. The van der Waals surface area contributed by atoms with Gasteiger partial charge in [-0.05, 0) is 0 Å². The van der Waals surface area contributed by atoms with E-state index in [4.69, 9.17) is 6.42 Å². The average Bonchev–Trinajstić information content (AvgIpc) is 2.53. The lowest BCUT2D eigenvalue weighted by Crippen LogP contribution is -2.24. The summed E-state index contributed by atoms with van der Waals surface area (Å²) < 4.78 is 26.8. The number of aromatic nitrogens is 2. The molecule has 0 aliphatic rings. The second kappa shape index (κ2) is 4.26. The highest BCUT2D eigenvalue weighted by Gasteiger charge is 2.15. The third kappa shape index (κ3) is 2.58. The summed E-state index contributed by atoms with van der Waals surface area (Å²) in [6.45, 7) is 0.232. The quantitative estimate of drug-likeness (QED) is 0.552. The van der Waals surface area contributed by atoms with Crippen LogP contribution in [0.2, 0.25) is 0 Å². The minimum atomic E-state index is -3.49. The molecule has 1 heterocycles. The van der Waals surface area contributed by atoms with Gasteiger partial charge in [-0.2, -0.15) is 0 Å². The molecule has 1 rings (SSSR count). The van der Waals surface area contributed by atoms with Crippen molar-refractivity contribution in [2.75, 3.05) is 6.54 Å². The van der Waals surface area contributed by atoms with Crippen molar-refractivity contribution in [1.29, 1.82) is 0 Å². The van der Waals surface area contributed by atoms with Gasteiger partial charge in [-0.15, -0.1) is 12.3 Å². The van der Waals surface area contributed by atoms with Crippen LogP contribution >= 0.6 is 0 Å². The molecule has 76 valence electrons. The Morgan fingerprint density at radius 1 is 1.71 bits per heavy atom. The lowest BCUT2D eigenvalue weighted by Gasteiger charge is -2.00. The van der Waals surface area contributed by atoms with E-state index >= 15 is 0 Å². The van der Waals surface area contributed by atoms with E-state index in [1.807, 2.05) is 0 Å². The zero-order valence-electron chi connectivity index (χ0n) is 7.77. The first-order valence-corrected chi connectivity index (χ1v) is 5.45. The van der Waals surface area contributed by atoms with Crippen LogP contribution in [0.4, 0.5) is 0 Å². The molecule has 0 bridgehead atoms. The zero-order valence-corrected chi connectivity index (χ0v) is 8.58. The highest BCUT2D eigenvalue weighted by molar-refractivity contribution is 7.89. The lowest BCUT2D eigenvalue weighted by molar-refractivity contribution is 0.579. The van der Waals surface area contributed by atoms with Gasteiger partial charge in [0, 0.05) is 26.2 Å². The Hall–Kier alpha value is -1.32. The van der Waals surface area contributed by atoms with Crippen LogP contribution in [0.5, 0.6) is 0 Å². The predicted octanol–water partition coefficient (Wildman–Crippen LogP) is -0.278. The number of nitrogens with one attached hydrogen (secondary N) is 1. The summed E-state index contributed by atoms with van der Waals surface area (Å²) in [7, 11) is -1.79. The van der Waals surface area contributed by atoms with Crippen molar-refractivity contribution >= 4 is 10.0 Å². The molecule has 0 saturated carbocycles. The van der Waals surface area contributed by atoms with Gasteiger partial charge < -0.3 is 4.57 Å². The van der Waals surface area contributed by atoms with Gasteiger partial charge in [0.15, 0.2) is 5.03 Å². The molecule has 0 radical (unpaired) electrons. The standard InChI is InChI=1S/C8H11N3O2S/c1-3-4-5-10-14(12,13)8-6-11(2)7-9-8/h1,6-7,10H,4-5H2,2H3. The summed E-state index contributed by atoms with van der Waals surface area (Å²) in [6, 6.07) is 0. The van der Waals surface area contributed by atoms with Gasteiger partial charge in [-0.25, -0.2) is 18.1 Å². The molecule has 0 aliphatic heterocycles. The van der Waals surface area contributed by atoms with Crippen molar-refractivity contribution in [1.82, 2.24) is 14.3 Å². The van der Waals surface area contributed by atoms with E-state index in [9.17, 15) is 8.42 Å². The van der Waals surface area contributed by atoms with E-state index in [2.05, 4.69) is 15.6 Å². The Bertz CT molecular complexity index is 441. The number of nitrogens with zero attached hydrogens (tertiary/aromatic N) is 2. The van der Waals surface area contributed by atoms with Crippen LogP contribution in [0, 0.1) is 12.3 Å². The first-order chi connectivity index (χ1) is 6.56. The fourth-order valence-electron chi connectivity index (χ4n) is 0.859. The minimum absolute atomic E-state index is 0.0111. The average molecular weight is 213 g/mol. The Balaban J connectivity index is 2.72. The Morgan fingerprint density at radius 2 is 2.43 bits per heavy atom. The molecule has 0 saturated heterocycles. The molecular formula is C8H11N3O2S. The van der Waals surface area contributed by atoms with Gasteiger partial charge in [0.05, 0.1) is 6.33 Å². The van der Waals surface area contributed by atoms with Crippen LogP contribution < -0.4 is 4.72 Å². The third-order valence-electron chi connectivity index (χ3n) is 1.52. The maximum absolute atomic E-state index is 11.5. The first kappa shape index (κ1) is 10.8. The van der Waals surface area contributed by atoms with Crippen molar-refractivity contribution in [2.24, 2.45) is 7.05 Å². The number of hydrogen-bond acceptors (Lipinski definition) is 3. The number of sulfonamides is 1. The smallest absolute Gasteiger partial charge is 0.259 e. The first-order valence-electron chi connectivity index (χ1n) is 3.97. The molecule has 14 heavy (non-hydrogen) atoms. The number of imidazole rings is 1. The maximum atomic E-state index is 11.5. The summed E-state index contributed by atoms with van der Waals surface area (Å²) in [5.41, 5.74) is 0. The maximum Gasteiger partial charge on any atom is 0.259 e. The summed E-state index contributed by atoms with van der Waals surface area (Å²) in [5.74, 6) is 2.34. The summed E-state index contributed by atoms with van der Waals surface area (Å²) in [4.78, 5) is 3.73. The van der Waals surface area contributed by atoms with Crippen molar-refractivity contribution in [3.05, 3.63) is 12.5 Å². The Kier molecular flexibility index (Phi) is 3.28. The van der Waals surface area contributed by atoms with E-state index in [-0.39, 0.29) is 11.6 Å².